The lowest BCUT2D eigenvalue weighted by Crippen LogP contribution is -2.55. The fraction of sp³-hybridized carbons (Fsp3) is 0.857. The van der Waals surface area contributed by atoms with E-state index in [0.29, 0.717) is 23.5 Å². The molecule has 0 spiro atoms. The van der Waals surface area contributed by atoms with Crippen molar-refractivity contribution < 1.29 is 9.90 Å². The van der Waals surface area contributed by atoms with Crippen molar-refractivity contribution in [1.82, 2.24) is 0 Å². The maximum atomic E-state index is 11.9. The van der Waals surface area contributed by atoms with Crippen molar-refractivity contribution in [3.05, 3.63) is 11.6 Å². The number of rotatable bonds is 0. The third kappa shape index (κ3) is 1.94. The van der Waals surface area contributed by atoms with Gasteiger partial charge in [0, 0.05) is 6.42 Å². The van der Waals surface area contributed by atoms with Crippen LogP contribution in [-0.2, 0) is 4.79 Å². The van der Waals surface area contributed by atoms with E-state index < -0.39 is 5.60 Å². The molecule has 2 nitrogen and oxygen atoms in total. The van der Waals surface area contributed by atoms with Crippen LogP contribution in [0.25, 0.3) is 0 Å². The van der Waals surface area contributed by atoms with Crippen molar-refractivity contribution in [2.45, 2.75) is 78.2 Å². The molecule has 7 atom stereocenters. The van der Waals surface area contributed by atoms with E-state index in [2.05, 4.69) is 27.7 Å². The average molecular weight is 316 g/mol. The number of ketones is 1. The van der Waals surface area contributed by atoms with Gasteiger partial charge in [-0.2, -0.15) is 0 Å². The van der Waals surface area contributed by atoms with Gasteiger partial charge < -0.3 is 5.11 Å². The van der Waals surface area contributed by atoms with E-state index in [0.717, 1.165) is 38.0 Å². The lowest BCUT2D eigenvalue weighted by atomic mass is 9.44. The highest BCUT2D eigenvalue weighted by molar-refractivity contribution is 5.91. The maximum absolute atomic E-state index is 11.9. The first-order valence-electron chi connectivity index (χ1n) is 9.65. The van der Waals surface area contributed by atoms with Gasteiger partial charge in [0.15, 0.2) is 5.78 Å². The lowest BCUT2D eigenvalue weighted by Gasteiger charge is -2.60. The summed E-state index contributed by atoms with van der Waals surface area (Å²) in [5.41, 5.74) is 1.27. The topological polar surface area (TPSA) is 37.3 Å². The predicted molar refractivity (Wildman–Crippen MR) is 91.9 cm³/mol. The number of hydrogen-bond acceptors (Lipinski definition) is 2. The highest BCUT2D eigenvalue weighted by Gasteiger charge is 2.63. The summed E-state index contributed by atoms with van der Waals surface area (Å²) in [7, 11) is 0. The van der Waals surface area contributed by atoms with Crippen molar-refractivity contribution in [2.75, 3.05) is 0 Å². The molecule has 0 aromatic carbocycles. The molecule has 128 valence electrons. The molecule has 4 rings (SSSR count). The average Bonchev–Trinajstić information content (AvgIpc) is 2.72. The van der Waals surface area contributed by atoms with Crippen LogP contribution in [0.3, 0.4) is 0 Å². The number of hydrogen-bond donors (Lipinski definition) is 1. The number of carbonyl (C=O) groups excluding carboxylic acids is 1. The highest BCUT2D eigenvalue weighted by Crippen LogP contribution is 2.68. The molecule has 0 bridgehead atoms. The van der Waals surface area contributed by atoms with E-state index in [-0.39, 0.29) is 10.8 Å². The molecule has 3 saturated carbocycles. The van der Waals surface area contributed by atoms with Gasteiger partial charge in [0.05, 0.1) is 5.60 Å². The monoisotopic (exact) mass is 316 g/mol. The molecule has 2 heteroatoms. The zero-order valence-corrected chi connectivity index (χ0v) is 15.2. The summed E-state index contributed by atoms with van der Waals surface area (Å²) in [6.45, 7) is 9.26. The summed E-state index contributed by atoms with van der Waals surface area (Å²) in [6.07, 6.45) is 9.39. The van der Waals surface area contributed by atoms with Gasteiger partial charge in [0.25, 0.3) is 0 Å². The van der Waals surface area contributed by atoms with E-state index in [4.69, 9.17) is 0 Å². The third-order valence-corrected chi connectivity index (χ3v) is 8.87. The summed E-state index contributed by atoms with van der Waals surface area (Å²) in [6, 6.07) is 0. The van der Waals surface area contributed by atoms with Crippen molar-refractivity contribution >= 4 is 5.78 Å². The highest BCUT2D eigenvalue weighted by atomic mass is 16.3. The van der Waals surface area contributed by atoms with Crippen molar-refractivity contribution in [3.63, 3.8) is 0 Å². The maximum Gasteiger partial charge on any atom is 0.155 e. The Bertz CT molecular complexity index is 574. The fourth-order valence-electron chi connectivity index (χ4n) is 7.15. The van der Waals surface area contributed by atoms with E-state index in [9.17, 15) is 9.90 Å². The first-order chi connectivity index (χ1) is 10.7. The normalized spacial score (nSPS) is 55.7. The Balaban J connectivity index is 1.74. The molecule has 23 heavy (non-hydrogen) atoms. The van der Waals surface area contributed by atoms with Crippen LogP contribution in [0.4, 0.5) is 0 Å². The molecule has 0 aromatic rings. The Hall–Kier alpha value is -0.630. The second-order valence-electron chi connectivity index (χ2n) is 9.79. The Morgan fingerprint density at radius 2 is 1.78 bits per heavy atom. The van der Waals surface area contributed by atoms with Gasteiger partial charge in [0.1, 0.15) is 0 Å². The van der Waals surface area contributed by atoms with Crippen LogP contribution < -0.4 is 0 Å². The Labute approximate surface area is 140 Å². The SMILES string of the molecule is C[C@@H]1CC2=CC(=O)CC[C@]2(C)[C@H]2CC[C@@]3(C)[C@@H](CC[C@]3(C)O)C12. The minimum absolute atomic E-state index is 0.0878. The second kappa shape index (κ2) is 4.71. The van der Waals surface area contributed by atoms with E-state index in [1.807, 2.05) is 6.08 Å². The molecule has 0 radical (unpaired) electrons. The van der Waals surface area contributed by atoms with E-state index in [1.54, 1.807) is 0 Å². The van der Waals surface area contributed by atoms with Gasteiger partial charge >= 0.3 is 0 Å². The standard InChI is InChI=1S/C21H32O2/c1-13-11-14-12-15(22)5-8-19(14,2)16-6-9-20(3)17(18(13)16)7-10-21(20,4)23/h12-13,16-18,23H,5-11H2,1-4H3/t13-,16+,17+,18?,19+,20+,21+/m1/s1. The second-order valence-corrected chi connectivity index (χ2v) is 9.79. The summed E-state index contributed by atoms with van der Waals surface area (Å²) in [5, 5.41) is 11.0. The smallest absolute Gasteiger partial charge is 0.155 e. The fourth-order valence-corrected chi connectivity index (χ4v) is 7.15. The van der Waals surface area contributed by atoms with Gasteiger partial charge in [0.2, 0.25) is 0 Å². The summed E-state index contributed by atoms with van der Waals surface area (Å²) < 4.78 is 0. The van der Waals surface area contributed by atoms with Crippen LogP contribution in [0.2, 0.25) is 0 Å². The van der Waals surface area contributed by atoms with Crippen molar-refractivity contribution in [1.29, 1.82) is 0 Å². The summed E-state index contributed by atoms with van der Waals surface area (Å²) in [4.78, 5) is 11.9. The van der Waals surface area contributed by atoms with Crippen molar-refractivity contribution in [2.24, 2.45) is 34.5 Å². The molecule has 4 aliphatic carbocycles. The quantitative estimate of drug-likeness (QED) is 0.713. The lowest BCUT2D eigenvalue weighted by molar-refractivity contribution is -0.132. The van der Waals surface area contributed by atoms with E-state index in [1.165, 1.54) is 18.4 Å². The summed E-state index contributed by atoms with van der Waals surface area (Å²) in [5.74, 6) is 3.06. The molecule has 0 saturated heterocycles. The zero-order chi connectivity index (χ0) is 16.6. The predicted octanol–water partition coefficient (Wildman–Crippen LogP) is 4.52. The number of fused-ring (bicyclic) bond motifs is 5. The molecule has 0 aliphatic heterocycles. The Morgan fingerprint density at radius 3 is 2.52 bits per heavy atom. The number of aliphatic hydroxyl groups is 1. The van der Waals surface area contributed by atoms with Crippen LogP contribution in [0.15, 0.2) is 11.6 Å². The van der Waals surface area contributed by atoms with Gasteiger partial charge in [-0.1, -0.05) is 26.3 Å². The minimum atomic E-state index is -0.498. The van der Waals surface area contributed by atoms with Crippen molar-refractivity contribution in [3.8, 4) is 0 Å². The van der Waals surface area contributed by atoms with Crippen LogP contribution in [0, 0.1) is 34.5 Å². The van der Waals surface area contributed by atoms with Gasteiger partial charge in [-0.25, -0.2) is 0 Å². The number of carbonyl (C=O) groups is 1. The van der Waals surface area contributed by atoms with Gasteiger partial charge in [-0.05, 0) is 86.0 Å². The summed E-state index contributed by atoms with van der Waals surface area (Å²) >= 11 is 0. The molecular weight excluding hydrogens is 284 g/mol. The van der Waals surface area contributed by atoms with E-state index >= 15 is 0 Å². The molecule has 1 unspecified atom stereocenters. The largest absolute Gasteiger partial charge is 0.390 e. The molecule has 3 fully saturated rings. The molecule has 0 aromatic heterocycles. The van der Waals surface area contributed by atoms with Crippen LogP contribution in [-0.4, -0.2) is 16.5 Å². The van der Waals surface area contributed by atoms with Gasteiger partial charge in [-0.3, -0.25) is 4.79 Å². The third-order valence-electron chi connectivity index (χ3n) is 8.87. The molecule has 1 N–H and O–H groups in total. The molecule has 0 heterocycles. The van der Waals surface area contributed by atoms with Gasteiger partial charge in [-0.15, -0.1) is 0 Å². The molecule has 0 amide bonds. The number of allylic oxidation sites excluding steroid dienone is 1. The van der Waals surface area contributed by atoms with Crippen LogP contribution >= 0.6 is 0 Å². The first kappa shape index (κ1) is 15.9. The van der Waals surface area contributed by atoms with Crippen LogP contribution in [0.5, 0.6) is 0 Å². The Morgan fingerprint density at radius 1 is 1.09 bits per heavy atom. The van der Waals surface area contributed by atoms with Crippen LogP contribution in [0.1, 0.15) is 72.6 Å². The molecule has 4 aliphatic rings. The first-order valence-corrected chi connectivity index (χ1v) is 9.65. The Kier molecular flexibility index (Phi) is 3.25. The zero-order valence-electron chi connectivity index (χ0n) is 15.2. The minimum Gasteiger partial charge on any atom is -0.390 e. The molecular formula is C21H32O2.